The highest BCUT2D eigenvalue weighted by molar-refractivity contribution is 5.81. The van der Waals surface area contributed by atoms with Gasteiger partial charge < -0.3 is 5.32 Å². The Labute approximate surface area is 123 Å². The molecule has 0 bridgehead atoms. The number of benzene rings is 2. The third-order valence-corrected chi connectivity index (χ3v) is 3.54. The van der Waals surface area contributed by atoms with Gasteiger partial charge in [-0.15, -0.1) is 0 Å². The number of anilines is 1. The topological polar surface area (TPSA) is 39.0 Å². The molecule has 0 radical (unpaired) electrons. The number of hydrogen-bond donors (Lipinski definition) is 1. The van der Waals surface area contributed by atoms with Gasteiger partial charge in [0.2, 0.25) is 0 Å². The number of nitrogens with zero attached hydrogens (tertiary/aromatic N) is 2. The summed E-state index contributed by atoms with van der Waals surface area (Å²) < 4.78 is 3.35. The monoisotopic (exact) mass is 279 g/mol. The van der Waals surface area contributed by atoms with Crippen LogP contribution in [-0.2, 0) is 0 Å². The number of allylic oxidation sites excluding steroid dienone is 1. The maximum absolute atomic E-state index is 12.7. The van der Waals surface area contributed by atoms with Crippen molar-refractivity contribution in [2.75, 3.05) is 12.4 Å². The molecule has 3 rings (SSSR count). The molecule has 0 atom stereocenters. The highest BCUT2D eigenvalue weighted by atomic mass is 16.1. The van der Waals surface area contributed by atoms with Crippen LogP contribution in [0.25, 0.3) is 22.4 Å². The Morgan fingerprint density at radius 1 is 1.05 bits per heavy atom. The Kier molecular flexibility index (Phi) is 3.14. The van der Waals surface area contributed by atoms with E-state index in [0.717, 1.165) is 22.4 Å². The molecule has 106 valence electrons. The molecule has 21 heavy (non-hydrogen) atoms. The van der Waals surface area contributed by atoms with Gasteiger partial charge >= 0.3 is 5.69 Å². The standard InChI is InChI=1S/C17H17N3O/c1-12(2)19-15-6-4-5-7-16(15)20(17(19)21)14-10-8-13(18-3)9-11-14/h4-11,18H,1H2,2-3H3. The highest BCUT2D eigenvalue weighted by Crippen LogP contribution is 2.20. The molecule has 2 aromatic carbocycles. The second kappa shape index (κ2) is 4.98. The summed E-state index contributed by atoms with van der Waals surface area (Å²) in [7, 11) is 1.87. The van der Waals surface area contributed by atoms with Gasteiger partial charge in [-0.3, -0.25) is 9.13 Å². The van der Waals surface area contributed by atoms with Crippen LogP contribution in [0.4, 0.5) is 5.69 Å². The van der Waals surface area contributed by atoms with E-state index in [4.69, 9.17) is 0 Å². The highest BCUT2D eigenvalue weighted by Gasteiger charge is 2.14. The predicted octanol–water partition coefficient (Wildman–Crippen LogP) is 3.32. The normalized spacial score (nSPS) is 10.8. The summed E-state index contributed by atoms with van der Waals surface area (Å²) in [6, 6.07) is 15.5. The van der Waals surface area contributed by atoms with Gasteiger partial charge in [-0.2, -0.15) is 0 Å². The Hall–Kier alpha value is -2.75. The quantitative estimate of drug-likeness (QED) is 0.798. The summed E-state index contributed by atoms with van der Waals surface area (Å²) >= 11 is 0. The van der Waals surface area contributed by atoms with E-state index < -0.39 is 0 Å². The van der Waals surface area contributed by atoms with Gasteiger partial charge in [-0.1, -0.05) is 18.7 Å². The molecule has 0 saturated heterocycles. The van der Waals surface area contributed by atoms with Crippen molar-refractivity contribution in [3.63, 3.8) is 0 Å². The van der Waals surface area contributed by atoms with E-state index in [-0.39, 0.29) is 5.69 Å². The van der Waals surface area contributed by atoms with E-state index in [9.17, 15) is 4.79 Å². The first-order chi connectivity index (χ1) is 10.1. The molecule has 0 spiro atoms. The fraction of sp³-hybridized carbons (Fsp3) is 0.118. The molecule has 4 nitrogen and oxygen atoms in total. The largest absolute Gasteiger partial charge is 0.388 e. The van der Waals surface area contributed by atoms with Crippen molar-refractivity contribution in [1.82, 2.24) is 9.13 Å². The number of aromatic nitrogens is 2. The Balaban J connectivity index is 2.34. The lowest BCUT2D eigenvalue weighted by Gasteiger charge is -2.05. The molecule has 0 aliphatic rings. The molecule has 0 fully saturated rings. The Morgan fingerprint density at radius 3 is 2.24 bits per heavy atom. The molecule has 4 heteroatoms. The van der Waals surface area contributed by atoms with Crippen LogP contribution in [0.15, 0.2) is 59.9 Å². The number of para-hydroxylation sites is 2. The minimum absolute atomic E-state index is 0.0964. The van der Waals surface area contributed by atoms with E-state index in [1.165, 1.54) is 0 Å². The van der Waals surface area contributed by atoms with Crippen LogP contribution in [0.1, 0.15) is 6.92 Å². The molecular weight excluding hydrogens is 262 g/mol. The zero-order chi connectivity index (χ0) is 15.0. The summed E-state index contributed by atoms with van der Waals surface area (Å²) in [5, 5.41) is 3.07. The van der Waals surface area contributed by atoms with Crippen LogP contribution < -0.4 is 11.0 Å². The minimum atomic E-state index is -0.0964. The average molecular weight is 279 g/mol. The first kappa shape index (κ1) is 13.2. The Morgan fingerprint density at radius 2 is 1.67 bits per heavy atom. The van der Waals surface area contributed by atoms with Crippen molar-refractivity contribution in [1.29, 1.82) is 0 Å². The number of nitrogens with one attached hydrogen (secondary N) is 1. The summed E-state index contributed by atoms with van der Waals surface area (Å²) in [6.07, 6.45) is 0. The lowest BCUT2D eigenvalue weighted by molar-refractivity contribution is 0.941. The van der Waals surface area contributed by atoms with E-state index in [2.05, 4.69) is 11.9 Å². The Bertz CT molecular complexity index is 869. The zero-order valence-corrected chi connectivity index (χ0v) is 12.1. The molecule has 1 N–H and O–H groups in total. The minimum Gasteiger partial charge on any atom is -0.388 e. The molecular formula is C17H17N3O. The second-order valence-corrected chi connectivity index (χ2v) is 4.97. The van der Waals surface area contributed by atoms with Crippen molar-refractivity contribution < 1.29 is 0 Å². The summed E-state index contributed by atoms with van der Waals surface area (Å²) in [4.78, 5) is 12.7. The smallest absolute Gasteiger partial charge is 0.338 e. The summed E-state index contributed by atoms with van der Waals surface area (Å²) in [6.45, 7) is 5.75. The fourth-order valence-electron chi connectivity index (χ4n) is 2.54. The summed E-state index contributed by atoms with van der Waals surface area (Å²) in [5.41, 5.74) is 4.21. The third kappa shape index (κ3) is 2.05. The molecule has 0 unspecified atom stereocenters. The van der Waals surface area contributed by atoms with Gasteiger partial charge in [-0.25, -0.2) is 4.79 Å². The third-order valence-electron chi connectivity index (χ3n) is 3.54. The van der Waals surface area contributed by atoms with Gasteiger partial charge in [0.15, 0.2) is 0 Å². The maximum atomic E-state index is 12.7. The predicted molar refractivity (Wildman–Crippen MR) is 88.1 cm³/mol. The van der Waals surface area contributed by atoms with Gasteiger partial charge in [0.05, 0.1) is 16.7 Å². The van der Waals surface area contributed by atoms with Crippen LogP contribution in [0.2, 0.25) is 0 Å². The number of imidazole rings is 1. The molecule has 0 amide bonds. The van der Waals surface area contributed by atoms with E-state index in [1.807, 2.05) is 62.5 Å². The first-order valence-electron chi connectivity index (χ1n) is 6.80. The van der Waals surface area contributed by atoms with Crippen molar-refractivity contribution in [3.05, 3.63) is 65.6 Å². The van der Waals surface area contributed by atoms with Crippen LogP contribution in [0, 0.1) is 0 Å². The van der Waals surface area contributed by atoms with Crippen molar-refractivity contribution in [3.8, 4) is 5.69 Å². The van der Waals surface area contributed by atoms with E-state index >= 15 is 0 Å². The summed E-state index contributed by atoms with van der Waals surface area (Å²) in [5.74, 6) is 0. The van der Waals surface area contributed by atoms with Gasteiger partial charge in [-0.05, 0) is 43.3 Å². The van der Waals surface area contributed by atoms with Crippen molar-refractivity contribution in [2.24, 2.45) is 0 Å². The second-order valence-electron chi connectivity index (χ2n) is 4.97. The van der Waals surface area contributed by atoms with E-state index in [0.29, 0.717) is 5.70 Å². The molecule has 1 heterocycles. The maximum Gasteiger partial charge on any atom is 0.338 e. The number of rotatable bonds is 3. The van der Waals surface area contributed by atoms with Crippen LogP contribution in [-0.4, -0.2) is 16.2 Å². The molecule has 1 aromatic heterocycles. The fourth-order valence-corrected chi connectivity index (χ4v) is 2.54. The lowest BCUT2D eigenvalue weighted by Crippen LogP contribution is -2.21. The SMILES string of the molecule is C=C(C)n1c(=O)n(-c2ccc(NC)cc2)c2ccccc21. The van der Waals surface area contributed by atoms with E-state index in [1.54, 1.807) is 9.13 Å². The lowest BCUT2D eigenvalue weighted by atomic mass is 10.2. The van der Waals surface area contributed by atoms with Crippen molar-refractivity contribution >= 4 is 22.4 Å². The van der Waals surface area contributed by atoms with Gasteiger partial charge in [0.25, 0.3) is 0 Å². The zero-order valence-electron chi connectivity index (χ0n) is 12.1. The molecule has 0 saturated carbocycles. The van der Waals surface area contributed by atoms with Crippen LogP contribution in [0.3, 0.4) is 0 Å². The number of hydrogen-bond acceptors (Lipinski definition) is 2. The molecule has 3 aromatic rings. The molecule has 0 aliphatic heterocycles. The van der Waals surface area contributed by atoms with Crippen LogP contribution in [0.5, 0.6) is 0 Å². The average Bonchev–Trinajstić information content (AvgIpc) is 2.79. The van der Waals surface area contributed by atoms with Gasteiger partial charge in [0.1, 0.15) is 0 Å². The van der Waals surface area contributed by atoms with Crippen LogP contribution >= 0.6 is 0 Å². The van der Waals surface area contributed by atoms with Crippen molar-refractivity contribution in [2.45, 2.75) is 6.92 Å². The van der Waals surface area contributed by atoms with Gasteiger partial charge in [0, 0.05) is 18.4 Å². The number of fused-ring (bicyclic) bond motifs is 1. The first-order valence-corrected chi connectivity index (χ1v) is 6.80. The molecule has 0 aliphatic carbocycles.